The zero-order valence-electron chi connectivity index (χ0n) is 12.3. The van der Waals surface area contributed by atoms with E-state index in [2.05, 4.69) is 10.3 Å². The third-order valence-corrected chi connectivity index (χ3v) is 3.76. The number of carbonyl (C=O) groups excluding carboxylic acids is 1. The van der Waals surface area contributed by atoms with E-state index in [0.29, 0.717) is 24.6 Å². The summed E-state index contributed by atoms with van der Waals surface area (Å²) in [6.45, 7) is 4.36. The van der Waals surface area contributed by atoms with Crippen molar-refractivity contribution in [2.75, 3.05) is 13.2 Å². The number of amides is 1. The summed E-state index contributed by atoms with van der Waals surface area (Å²) in [5, 5.41) is 12.4. The summed E-state index contributed by atoms with van der Waals surface area (Å²) in [6.07, 6.45) is 0. The standard InChI is InChI=1S/C15H16N2O4S/c1-9-13(17-10(2)22-9)14(18)16-7-8-21-12-5-3-11(4-6-12)15(19)20/h3-6H,7-8H2,1-2H3,(H,16,18)(H,19,20). The molecule has 0 bridgehead atoms. The van der Waals surface area contributed by atoms with Crippen LogP contribution in [-0.2, 0) is 0 Å². The van der Waals surface area contributed by atoms with Crippen molar-refractivity contribution in [1.29, 1.82) is 0 Å². The molecule has 2 aromatic rings. The van der Waals surface area contributed by atoms with Gasteiger partial charge in [-0.25, -0.2) is 9.78 Å². The van der Waals surface area contributed by atoms with E-state index in [1.807, 2.05) is 13.8 Å². The van der Waals surface area contributed by atoms with E-state index in [9.17, 15) is 9.59 Å². The van der Waals surface area contributed by atoms with E-state index < -0.39 is 5.97 Å². The molecule has 0 spiro atoms. The first-order chi connectivity index (χ1) is 10.5. The predicted octanol–water partition coefficient (Wildman–Crippen LogP) is 2.27. The Hall–Kier alpha value is -2.41. The normalized spacial score (nSPS) is 10.3. The molecular formula is C15H16N2O4S. The van der Waals surface area contributed by atoms with Crippen LogP contribution in [0, 0.1) is 13.8 Å². The molecule has 0 unspecified atom stereocenters. The maximum atomic E-state index is 11.9. The molecule has 0 aliphatic carbocycles. The Morgan fingerprint density at radius 2 is 1.95 bits per heavy atom. The van der Waals surface area contributed by atoms with Crippen molar-refractivity contribution in [3.63, 3.8) is 0 Å². The first-order valence-corrected chi connectivity index (χ1v) is 7.47. The summed E-state index contributed by atoms with van der Waals surface area (Å²) in [5.74, 6) is -0.639. The molecule has 0 radical (unpaired) electrons. The van der Waals surface area contributed by atoms with Gasteiger partial charge in [0, 0.05) is 4.88 Å². The van der Waals surface area contributed by atoms with Crippen molar-refractivity contribution < 1.29 is 19.4 Å². The zero-order chi connectivity index (χ0) is 16.1. The van der Waals surface area contributed by atoms with Gasteiger partial charge in [-0.3, -0.25) is 4.79 Å². The second-order valence-corrected chi connectivity index (χ2v) is 5.98. The summed E-state index contributed by atoms with van der Waals surface area (Å²) in [4.78, 5) is 27.7. The number of rotatable bonds is 6. The number of carboxylic acids is 1. The van der Waals surface area contributed by atoms with Crippen molar-refractivity contribution in [3.05, 3.63) is 45.4 Å². The van der Waals surface area contributed by atoms with E-state index in [0.717, 1.165) is 9.88 Å². The van der Waals surface area contributed by atoms with Crippen LogP contribution in [0.25, 0.3) is 0 Å². The number of hydrogen-bond acceptors (Lipinski definition) is 5. The van der Waals surface area contributed by atoms with Gasteiger partial charge >= 0.3 is 5.97 Å². The van der Waals surface area contributed by atoms with Crippen molar-refractivity contribution in [3.8, 4) is 5.75 Å². The van der Waals surface area contributed by atoms with Crippen molar-refractivity contribution in [2.45, 2.75) is 13.8 Å². The van der Waals surface area contributed by atoms with E-state index in [1.54, 1.807) is 12.1 Å². The van der Waals surface area contributed by atoms with Crippen LogP contribution in [-0.4, -0.2) is 35.1 Å². The van der Waals surface area contributed by atoms with E-state index in [-0.39, 0.29) is 11.5 Å². The maximum absolute atomic E-state index is 11.9. The van der Waals surface area contributed by atoms with Crippen LogP contribution in [0.5, 0.6) is 5.75 Å². The van der Waals surface area contributed by atoms with E-state index >= 15 is 0 Å². The largest absolute Gasteiger partial charge is 0.492 e. The van der Waals surface area contributed by atoms with Gasteiger partial charge in [-0.1, -0.05) is 0 Å². The lowest BCUT2D eigenvalue weighted by Crippen LogP contribution is -2.28. The molecule has 1 aromatic heterocycles. The molecular weight excluding hydrogens is 304 g/mol. The highest BCUT2D eigenvalue weighted by molar-refractivity contribution is 7.11. The Morgan fingerprint density at radius 3 is 2.50 bits per heavy atom. The Bertz CT molecular complexity index is 679. The molecule has 0 aliphatic rings. The van der Waals surface area contributed by atoms with Gasteiger partial charge in [-0.05, 0) is 38.1 Å². The molecule has 0 saturated carbocycles. The number of ether oxygens (including phenoxy) is 1. The second-order valence-electron chi connectivity index (χ2n) is 4.57. The van der Waals surface area contributed by atoms with Crippen molar-refractivity contribution >= 4 is 23.2 Å². The molecule has 0 atom stereocenters. The fourth-order valence-electron chi connectivity index (χ4n) is 1.85. The van der Waals surface area contributed by atoms with Crippen LogP contribution < -0.4 is 10.1 Å². The lowest BCUT2D eigenvalue weighted by atomic mass is 10.2. The lowest BCUT2D eigenvalue weighted by molar-refractivity contribution is 0.0696. The molecule has 1 aromatic carbocycles. The first-order valence-electron chi connectivity index (χ1n) is 6.66. The van der Waals surface area contributed by atoms with Gasteiger partial charge in [0.25, 0.3) is 5.91 Å². The smallest absolute Gasteiger partial charge is 0.335 e. The first kappa shape index (κ1) is 16.0. The van der Waals surface area contributed by atoms with Gasteiger partial charge < -0.3 is 15.2 Å². The molecule has 0 fully saturated rings. The highest BCUT2D eigenvalue weighted by atomic mass is 32.1. The lowest BCUT2D eigenvalue weighted by Gasteiger charge is -2.07. The number of aryl methyl sites for hydroxylation is 2. The molecule has 6 nitrogen and oxygen atoms in total. The van der Waals surface area contributed by atoms with Crippen molar-refractivity contribution in [2.24, 2.45) is 0 Å². The molecule has 1 amide bonds. The SMILES string of the molecule is Cc1nc(C(=O)NCCOc2ccc(C(=O)O)cc2)c(C)s1. The number of hydrogen-bond donors (Lipinski definition) is 2. The zero-order valence-corrected chi connectivity index (χ0v) is 13.1. The third kappa shape index (κ3) is 4.05. The highest BCUT2D eigenvalue weighted by Crippen LogP contribution is 2.16. The molecule has 2 N–H and O–H groups in total. The number of carboxylic acid groups (broad SMARTS) is 1. The fourth-order valence-corrected chi connectivity index (χ4v) is 2.67. The molecule has 0 saturated heterocycles. The number of aromatic carboxylic acids is 1. The minimum absolute atomic E-state index is 0.204. The minimum atomic E-state index is -0.979. The molecule has 1 heterocycles. The second kappa shape index (κ2) is 7.04. The topological polar surface area (TPSA) is 88.5 Å². The molecule has 2 rings (SSSR count). The minimum Gasteiger partial charge on any atom is -0.492 e. The van der Waals surface area contributed by atoms with Gasteiger partial charge in [-0.2, -0.15) is 0 Å². The van der Waals surface area contributed by atoms with Gasteiger partial charge in [0.05, 0.1) is 17.1 Å². The molecule has 116 valence electrons. The summed E-state index contributed by atoms with van der Waals surface area (Å²) >= 11 is 1.49. The van der Waals surface area contributed by atoms with Crippen molar-refractivity contribution in [1.82, 2.24) is 10.3 Å². The predicted molar refractivity (Wildman–Crippen MR) is 82.8 cm³/mol. The van der Waals surface area contributed by atoms with Gasteiger partial charge in [0.15, 0.2) is 0 Å². The monoisotopic (exact) mass is 320 g/mol. The average Bonchev–Trinajstić information content (AvgIpc) is 2.82. The Balaban J connectivity index is 1.78. The van der Waals surface area contributed by atoms with Crippen LogP contribution in [0.1, 0.15) is 30.7 Å². The fraction of sp³-hybridized carbons (Fsp3) is 0.267. The van der Waals surface area contributed by atoms with Gasteiger partial charge in [0.2, 0.25) is 0 Å². The Labute approximate surface area is 131 Å². The number of thiazole rings is 1. The quantitative estimate of drug-likeness (QED) is 0.797. The molecule has 0 aliphatic heterocycles. The maximum Gasteiger partial charge on any atom is 0.335 e. The van der Waals surface area contributed by atoms with E-state index in [4.69, 9.17) is 9.84 Å². The van der Waals surface area contributed by atoms with Crippen LogP contribution >= 0.6 is 11.3 Å². The number of aromatic nitrogens is 1. The molecule has 22 heavy (non-hydrogen) atoms. The number of nitrogens with one attached hydrogen (secondary N) is 1. The third-order valence-electron chi connectivity index (χ3n) is 2.88. The summed E-state index contributed by atoms with van der Waals surface area (Å²) in [5.41, 5.74) is 0.656. The summed E-state index contributed by atoms with van der Waals surface area (Å²) < 4.78 is 5.44. The van der Waals surface area contributed by atoms with Gasteiger partial charge in [0.1, 0.15) is 18.1 Å². The number of carbonyl (C=O) groups is 2. The van der Waals surface area contributed by atoms with Gasteiger partial charge in [-0.15, -0.1) is 11.3 Å². The van der Waals surface area contributed by atoms with Crippen LogP contribution in [0.15, 0.2) is 24.3 Å². The van der Waals surface area contributed by atoms with Crippen LogP contribution in [0.2, 0.25) is 0 Å². The Kier molecular flexibility index (Phi) is 5.11. The van der Waals surface area contributed by atoms with E-state index in [1.165, 1.54) is 23.5 Å². The number of benzene rings is 1. The summed E-state index contributed by atoms with van der Waals surface area (Å²) in [6, 6.07) is 6.10. The average molecular weight is 320 g/mol. The van der Waals surface area contributed by atoms with Crippen LogP contribution in [0.4, 0.5) is 0 Å². The number of nitrogens with zero attached hydrogens (tertiary/aromatic N) is 1. The Morgan fingerprint density at radius 1 is 1.27 bits per heavy atom. The molecule has 7 heteroatoms. The highest BCUT2D eigenvalue weighted by Gasteiger charge is 2.13. The summed E-state index contributed by atoms with van der Waals surface area (Å²) in [7, 11) is 0. The van der Waals surface area contributed by atoms with Crippen LogP contribution in [0.3, 0.4) is 0 Å².